The summed E-state index contributed by atoms with van der Waals surface area (Å²) < 4.78 is 0. The van der Waals surface area contributed by atoms with Gasteiger partial charge in [-0.25, -0.2) is 0 Å². The molecule has 1 saturated heterocycles. The first-order valence-corrected chi connectivity index (χ1v) is 9.71. The molecular weight excluding hydrogens is 298 g/mol. The zero-order valence-corrected chi connectivity index (χ0v) is 14.4. The first kappa shape index (κ1) is 15.0. The molecule has 2 aromatic carbocycles. The average Bonchev–Trinajstić information content (AvgIpc) is 2.84. The molecule has 2 unspecified atom stereocenters. The summed E-state index contributed by atoms with van der Waals surface area (Å²) in [7, 11) is 0. The normalized spacial score (nSPS) is 23.8. The standard InChI is InChI=1S/C21H23NS/c1-23-21-11-7-17(8-12-21)18-13-19-9-10-20(14-18)22(19)15-16-5-3-2-4-6-16/h2-8,11-13,19-20H,9-10,14-15H2,1H3. The van der Waals surface area contributed by atoms with E-state index in [4.69, 9.17) is 0 Å². The van der Waals surface area contributed by atoms with E-state index in [1.807, 2.05) is 11.8 Å². The lowest BCUT2D eigenvalue weighted by Crippen LogP contribution is -2.37. The maximum Gasteiger partial charge on any atom is 0.0291 e. The molecule has 2 bridgehead atoms. The molecule has 2 aliphatic heterocycles. The molecule has 23 heavy (non-hydrogen) atoms. The van der Waals surface area contributed by atoms with Crippen molar-refractivity contribution in [2.24, 2.45) is 0 Å². The van der Waals surface area contributed by atoms with E-state index in [0.717, 1.165) is 6.54 Å². The van der Waals surface area contributed by atoms with Crippen molar-refractivity contribution in [1.82, 2.24) is 4.90 Å². The van der Waals surface area contributed by atoms with Crippen LogP contribution in [-0.4, -0.2) is 23.2 Å². The molecule has 0 spiro atoms. The second-order valence-electron chi connectivity index (χ2n) is 6.58. The van der Waals surface area contributed by atoms with Crippen LogP contribution in [0.1, 0.15) is 30.4 Å². The van der Waals surface area contributed by atoms with Crippen LogP contribution in [-0.2, 0) is 6.54 Å². The quantitative estimate of drug-likeness (QED) is 0.709. The molecule has 0 radical (unpaired) electrons. The highest BCUT2D eigenvalue weighted by Gasteiger charge is 2.36. The van der Waals surface area contributed by atoms with E-state index in [1.54, 1.807) is 5.57 Å². The van der Waals surface area contributed by atoms with E-state index in [2.05, 4.69) is 71.8 Å². The first-order valence-electron chi connectivity index (χ1n) is 8.48. The van der Waals surface area contributed by atoms with Crippen LogP contribution in [0.5, 0.6) is 0 Å². The maximum absolute atomic E-state index is 2.70. The first-order chi connectivity index (χ1) is 11.3. The predicted molar refractivity (Wildman–Crippen MR) is 99.6 cm³/mol. The van der Waals surface area contributed by atoms with Crippen molar-refractivity contribution in [2.75, 3.05) is 6.26 Å². The summed E-state index contributed by atoms with van der Waals surface area (Å²) in [5.41, 5.74) is 4.40. The molecule has 2 atom stereocenters. The molecule has 0 N–H and O–H groups in total. The van der Waals surface area contributed by atoms with Crippen LogP contribution in [0.3, 0.4) is 0 Å². The summed E-state index contributed by atoms with van der Waals surface area (Å²) in [5, 5.41) is 0. The highest BCUT2D eigenvalue weighted by molar-refractivity contribution is 7.98. The highest BCUT2D eigenvalue weighted by atomic mass is 32.2. The molecule has 0 aromatic heterocycles. The lowest BCUT2D eigenvalue weighted by atomic mass is 9.94. The fourth-order valence-corrected chi connectivity index (χ4v) is 4.39. The van der Waals surface area contributed by atoms with Gasteiger partial charge in [0, 0.05) is 23.5 Å². The molecule has 0 saturated carbocycles. The molecule has 4 rings (SSSR count). The fraction of sp³-hybridized carbons (Fsp3) is 0.333. The van der Waals surface area contributed by atoms with Gasteiger partial charge in [0.15, 0.2) is 0 Å². The summed E-state index contributed by atoms with van der Waals surface area (Å²) in [6, 6.07) is 21.3. The monoisotopic (exact) mass is 321 g/mol. The largest absolute Gasteiger partial charge is 0.289 e. The van der Waals surface area contributed by atoms with Crippen molar-refractivity contribution in [3.63, 3.8) is 0 Å². The summed E-state index contributed by atoms with van der Waals surface area (Å²) in [4.78, 5) is 4.05. The number of nitrogens with zero attached hydrogens (tertiary/aromatic N) is 1. The van der Waals surface area contributed by atoms with Gasteiger partial charge < -0.3 is 0 Å². The minimum Gasteiger partial charge on any atom is -0.289 e. The molecule has 2 heteroatoms. The Morgan fingerprint density at radius 2 is 1.78 bits per heavy atom. The number of rotatable bonds is 4. The van der Waals surface area contributed by atoms with E-state index >= 15 is 0 Å². The second-order valence-corrected chi connectivity index (χ2v) is 7.46. The van der Waals surface area contributed by atoms with Crippen molar-refractivity contribution in [3.8, 4) is 0 Å². The SMILES string of the molecule is CSc1ccc(C2=CC3CCC(C2)N3Cc2ccccc2)cc1. The third-order valence-electron chi connectivity index (χ3n) is 5.21. The van der Waals surface area contributed by atoms with Gasteiger partial charge in [0.25, 0.3) is 0 Å². The molecule has 1 nitrogen and oxygen atoms in total. The van der Waals surface area contributed by atoms with E-state index in [1.165, 1.54) is 35.3 Å². The Kier molecular flexibility index (Phi) is 4.28. The van der Waals surface area contributed by atoms with Crippen LogP contribution in [0.25, 0.3) is 5.57 Å². The molecule has 1 fully saturated rings. The Balaban J connectivity index is 1.54. The molecule has 2 heterocycles. The van der Waals surface area contributed by atoms with Crippen molar-refractivity contribution >= 4 is 17.3 Å². The van der Waals surface area contributed by atoms with Crippen LogP contribution in [0.4, 0.5) is 0 Å². The van der Waals surface area contributed by atoms with Gasteiger partial charge >= 0.3 is 0 Å². The van der Waals surface area contributed by atoms with E-state index in [9.17, 15) is 0 Å². The molecule has 118 valence electrons. The molecular formula is C21H23NS. The molecule has 0 amide bonds. The number of fused-ring (bicyclic) bond motifs is 2. The van der Waals surface area contributed by atoms with Gasteiger partial charge in [0.2, 0.25) is 0 Å². The topological polar surface area (TPSA) is 3.24 Å². The number of thioether (sulfide) groups is 1. The Morgan fingerprint density at radius 3 is 2.48 bits per heavy atom. The zero-order chi connectivity index (χ0) is 15.6. The van der Waals surface area contributed by atoms with Gasteiger partial charge in [-0.1, -0.05) is 48.5 Å². The highest BCUT2D eigenvalue weighted by Crippen LogP contribution is 2.39. The summed E-state index contributed by atoms with van der Waals surface area (Å²) >= 11 is 1.81. The van der Waals surface area contributed by atoms with E-state index < -0.39 is 0 Å². The minimum atomic E-state index is 0.615. The number of benzene rings is 2. The number of hydrogen-bond donors (Lipinski definition) is 0. The summed E-state index contributed by atoms with van der Waals surface area (Å²) in [6.07, 6.45) is 8.50. The Labute approximate surface area is 143 Å². The smallest absolute Gasteiger partial charge is 0.0291 e. The zero-order valence-electron chi connectivity index (χ0n) is 13.6. The third kappa shape index (κ3) is 3.11. The minimum absolute atomic E-state index is 0.615. The Morgan fingerprint density at radius 1 is 1.00 bits per heavy atom. The third-order valence-corrected chi connectivity index (χ3v) is 5.95. The van der Waals surface area contributed by atoms with Gasteiger partial charge in [-0.2, -0.15) is 0 Å². The van der Waals surface area contributed by atoms with Gasteiger partial charge in [-0.05, 0) is 54.4 Å². The van der Waals surface area contributed by atoms with Crippen molar-refractivity contribution in [3.05, 3.63) is 71.8 Å². The van der Waals surface area contributed by atoms with Crippen molar-refractivity contribution < 1.29 is 0 Å². The fourth-order valence-electron chi connectivity index (χ4n) is 3.98. The predicted octanol–water partition coefficient (Wildman–Crippen LogP) is 5.23. The van der Waals surface area contributed by atoms with Crippen molar-refractivity contribution in [2.45, 2.75) is 42.8 Å². The second kappa shape index (κ2) is 6.54. The molecule has 2 aromatic rings. The Bertz CT molecular complexity index is 690. The van der Waals surface area contributed by atoms with Crippen LogP contribution in [0, 0.1) is 0 Å². The van der Waals surface area contributed by atoms with Gasteiger partial charge in [-0.3, -0.25) is 4.90 Å². The Hall–Kier alpha value is -1.51. The maximum atomic E-state index is 2.70. The van der Waals surface area contributed by atoms with Gasteiger partial charge in [0.1, 0.15) is 0 Å². The summed E-state index contributed by atoms with van der Waals surface area (Å²) in [5.74, 6) is 0. The van der Waals surface area contributed by atoms with Gasteiger partial charge in [0.05, 0.1) is 0 Å². The summed E-state index contributed by atoms with van der Waals surface area (Å²) in [6.45, 7) is 1.09. The van der Waals surface area contributed by atoms with Crippen LogP contribution >= 0.6 is 11.8 Å². The van der Waals surface area contributed by atoms with Crippen LogP contribution < -0.4 is 0 Å². The molecule has 0 aliphatic carbocycles. The lowest BCUT2D eigenvalue weighted by molar-refractivity contribution is 0.203. The van der Waals surface area contributed by atoms with Crippen LogP contribution in [0.2, 0.25) is 0 Å². The lowest BCUT2D eigenvalue weighted by Gasteiger charge is -2.34. The number of hydrogen-bond acceptors (Lipinski definition) is 2. The van der Waals surface area contributed by atoms with E-state index in [0.29, 0.717) is 12.1 Å². The van der Waals surface area contributed by atoms with Gasteiger partial charge in [-0.15, -0.1) is 11.8 Å². The van der Waals surface area contributed by atoms with E-state index in [-0.39, 0.29) is 0 Å². The average molecular weight is 321 g/mol. The van der Waals surface area contributed by atoms with Crippen molar-refractivity contribution in [1.29, 1.82) is 0 Å². The van der Waals surface area contributed by atoms with Crippen LogP contribution in [0.15, 0.2) is 65.6 Å². The molecule has 2 aliphatic rings.